The molecule has 12 heteroatoms. The van der Waals surface area contributed by atoms with Crippen molar-refractivity contribution in [2.24, 2.45) is 0 Å². The van der Waals surface area contributed by atoms with Crippen LogP contribution in [0, 0.1) is 5.82 Å². The van der Waals surface area contributed by atoms with Crippen LogP contribution in [0.25, 0.3) is 6.08 Å². The molecule has 1 aliphatic rings. The SMILES string of the molecule is CNS(=O)(=O)c1cc(C(=O)NCCN2C(=O)S/C(=C\c3ccccc3F)C2=O)ccc1Cl. The van der Waals surface area contributed by atoms with Crippen molar-refractivity contribution < 1.29 is 27.2 Å². The summed E-state index contributed by atoms with van der Waals surface area (Å²) < 4.78 is 39.9. The maximum Gasteiger partial charge on any atom is 0.293 e. The number of nitrogens with zero attached hydrogens (tertiary/aromatic N) is 1. The molecule has 0 spiro atoms. The molecular weight excluding hydrogens is 481 g/mol. The second kappa shape index (κ2) is 9.82. The van der Waals surface area contributed by atoms with Gasteiger partial charge in [0.15, 0.2) is 0 Å². The summed E-state index contributed by atoms with van der Waals surface area (Å²) >= 11 is 6.58. The quantitative estimate of drug-likeness (QED) is 0.569. The van der Waals surface area contributed by atoms with Crippen molar-refractivity contribution >= 4 is 56.5 Å². The fourth-order valence-electron chi connectivity index (χ4n) is 2.77. The van der Waals surface area contributed by atoms with Gasteiger partial charge in [-0.15, -0.1) is 0 Å². The second-order valence-corrected chi connectivity index (χ2v) is 9.72. The number of carbonyl (C=O) groups excluding carboxylic acids is 3. The maximum absolute atomic E-state index is 13.8. The molecule has 1 fully saturated rings. The van der Waals surface area contributed by atoms with Crippen molar-refractivity contribution in [3.05, 3.63) is 69.3 Å². The average molecular weight is 498 g/mol. The molecule has 1 aliphatic heterocycles. The van der Waals surface area contributed by atoms with Crippen LogP contribution < -0.4 is 10.0 Å². The minimum absolute atomic E-state index is 0.0387. The van der Waals surface area contributed by atoms with E-state index < -0.39 is 32.9 Å². The highest BCUT2D eigenvalue weighted by atomic mass is 35.5. The highest BCUT2D eigenvalue weighted by Crippen LogP contribution is 2.32. The van der Waals surface area contributed by atoms with Gasteiger partial charge in [0.05, 0.1) is 9.93 Å². The third kappa shape index (κ3) is 5.18. The molecule has 168 valence electrons. The lowest BCUT2D eigenvalue weighted by molar-refractivity contribution is -0.122. The molecule has 2 aromatic rings. The maximum atomic E-state index is 13.8. The Labute approximate surface area is 192 Å². The van der Waals surface area contributed by atoms with Crippen LogP contribution in [0.3, 0.4) is 0 Å². The van der Waals surface area contributed by atoms with Gasteiger partial charge >= 0.3 is 0 Å². The fraction of sp³-hybridized carbons (Fsp3) is 0.150. The molecule has 0 atom stereocenters. The van der Waals surface area contributed by atoms with Gasteiger partial charge in [0.1, 0.15) is 10.7 Å². The molecule has 0 radical (unpaired) electrons. The number of rotatable bonds is 7. The van der Waals surface area contributed by atoms with E-state index in [1.807, 2.05) is 0 Å². The van der Waals surface area contributed by atoms with E-state index in [0.29, 0.717) is 11.8 Å². The first-order valence-corrected chi connectivity index (χ1v) is 11.8. The highest BCUT2D eigenvalue weighted by molar-refractivity contribution is 8.18. The van der Waals surface area contributed by atoms with E-state index in [2.05, 4.69) is 10.0 Å². The Morgan fingerprint density at radius 1 is 1.22 bits per heavy atom. The number of carbonyl (C=O) groups is 3. The number of thioether (sulfide) groups is 1. The molecule has 3 amide bonds. The lowest BCUT2D eigenvalue weighted by atomic mass is 10.2. The number of imide groups is 1. The monoisotopic (exact) mass is 497 g/mol. The molecule has 0 bridgehead atoms. The summed E-state index contributed by atoms with van der Waals surface area (Å²) in [6.07, 6.45) is 1.30. The second-order valence-electron chi connectivity index (χ2n) is 6.46. The summed E-state index contributed by atoms with van der Waals surface area (Å²) in [5.74, 6) is -1.72. The molecule has 0 aromatic heterocycles. The lowest BCUT2D eigenvalue weighted by Gasteiger charge is -2.13. The molecule has 2 aromatic carbocycles. The van der Waals surface area contributed by atoms with E-state index in [1.165, 1.54) is 43.5 Å². The van der Waals surface area contributed by atoms with Crippen LogP contribution in [0.4, 0.5) is 9.18 Å². The first kappa shape index (κ1) is 23.9. The van der Waals surface area contributed by atoms with Gasteiger partial charge in [-0.2, -0.15) is 0 Å². The number of hydrogen-bond acceptors (Lipinski definition) is 6. The van der Waals surface area contributed by atoms with Crippen LogP contribution in [0.2, 0.25) is 5.02 Å². The van der Waals surface area contributed by atoms with E-state index in [0.717, 1.165) is 11.0 Å². The standard InChI is InChI=1S/C20H17ClFN3O5S2/c1-23-32(29,30)17-11-13(6-7-14(17)21)18(26)24-8-9-25-19(27)16(31-20(25)28)10-12-4-2-3-5-15(12)22/h2-7,10-11,23H,8-9H2,1H3,(H,24,26)/b16-10-. The Hall–Kier alpha value is -2.73. The number of benzene rings is 2. The summed E-state index contributed by atoms with van der Waals surface area (Å²) in [6.45, 7) is -0.180. The number of sulfonamides is 1. The van der Waals surface area contributed by atoms with Crippen LogP contribution in [-0.4, -0.2) is 50.5 Å². The van der Waals surface area contributed by atoms with Crippen molar-refractivity contribution in [2.75, 3.05) is 20.1 Å². The zero-order valence-electron chi connectivity index (χ0n) is 16.6. The van der Waals surface area contributed by atoms with Crippen molar-refractivity contribution in [2.45, 2.75) is 4.90 Å². The van der Waals surface area contributed by atoms with E-state index in [9.17, 15) is 27.2 Å². The van der Waals surface area contributed by atoms with Crippen LogP contribution in [-0.2, 0) is 14.8 Å². The first-order valence-electron chi connectivity index (χ1n) is 9.15. The minimum atomic E-state index is -3.86. The molecule has 0 saturated carbocycles. The molecule has 1 heterocycles. The van der Waals surface area contributed by atoms with Crippen molar-refractivity contribution in [1.29, 1.82) is 0 Å². The zero-order chi connectivity index (χ0) is 23.5. The van der Waals surface area contributed by atoms with Gasteiger partial charge in [0.25, 0.3) is 17.1 Å². The van der Waals surface area contributed by atoms with E-state index in [1.54, 1.807) is 6.07 Å². The summed E-state index contributed by atoms with van der Waals surface area (Å²) in [7, 11) is -2.65. The average Bonchev–Trinajstić information content (AvgIpc) is 3.02. The Bertz CT molecular complexity index is 1230. The topological polar surface area (TPSA) is 113 Å². The third-order valence-corrected chi connectivity index (χ3v) is 7.24. The Morgan fingerprint density at radius 3 is 2.62 bits per heavy atom. The van der Waals surface area contributed by atoms with Crippen LogP contribution >= 0.6 is 23.4 Å². The van der Waals surface area contributed by atoms with Crippen LogP contribution in [0.15, 0.2) is 52.3 Å². The fourth-order valence-corrected chi connectivity index (χ4v) is 4.87. The summed E-state index contributed by atoms with van der Waals surface area (Å²) in [4.78, 5) is 37.8. The molecule has 2 N–H and O–H groups in total. The molecule has 3 rings (SSSR count). The number of hydrogen-bond donors (Lipinski definition) is 2. The molecule has 32 heavy (non-hydrogen) atoms. The van der Waals surface area contributed by atoms with Crippen LogP contribution in [0.5, 0.6) is 0 Å². The Kier molecular flexibility index (Phi) is 7.34. The summed E-state index contributed by atoms with van der Waals surface area (Å²) in [5, 5.41) is 1.94. The molecule has 0 unspecified atom stereocenters. The number of nitrogens with one attached hydrogen (secondary N) is 2. The highest BCUT2D eigenvalue weighted by Gasteiger charge is 2.34. The molecule has 1 saturated heterocycles. The predicted molar refractivity (Wildman–Crippen MR) is 119 cm³/mol. The molecular formula is C20H17ClFN3O5S2. The van der Waals surface area contributed by atoms with Crippen molar-refractivity contribution in [3.63, 3.8) is 0 Å². The van der Waals surface area contributed by atoms with Crippen molar-refractivity contribution in [1.82, 2.24) is 14.9 Å². The smallest absolute Gasteiger partial charge is 0.293 e. The number of halogens is 2. The van der Waals surface area contributed by atoms with Gasteiger partial charge in [-0.1, -0.05) is 29.8 Å². The van der Waals surface area contributed by atoms with Gasteiger partial charge in [-0.3, -0.25) is 19.3 Å². The third-order valence-electron chi connectivity index (χ3n) is 4.44. The van der Waals surface area contributed by atoms with Gasteiger partial charge in [0, 0.05) is 24.2 Å². The predicted octanol–water partition coefficient (Wildman–Crippen LogP) is 2.85. The zero-order valence-corrected chi connectivity index (χ0v) is 19.0. The molecule has 0 aliphatic carbocycles. The number of amides is 3. The summed E-state index contributed by atoms with van der Waals surface area (Å²) in [6, 6.07) is 9.61. The molecule has 8 nitrogen and oxygen atoms in total. The summed E-state index contributed by atoms with van der Waals surface area (Å²) in [5.41, 5.74) is 0.221. The van der Waals surface area contributed by atoms with E-state index in [-0.39, 0.29) is 39.0 Å². The largest absolute Gasteiger partial charge is 0.350 e. The lowest BCUT2D eigenvalue weighted by Crippen LogP contribution is -2.37. The minimum Gasteiger partial charge on any atom is -0.350 e. The van der Waals surface area contributed by atoms with Gasteiger partial charge in [0.2, 0.25) is 10.0 Å². The Balaban J connectivity index is 1.65. The van der Waals surface area contributed by atoms with Gasteiger partial charge < -0.3 is 5.32 Å². The normalized spacial score (nSPS) is 15.5. The first-order chi connectivity index (χ1) is 15.1. The Morgan fingerprint density at radius 2 is 1.94 bits per heavy atom. The van der Waals surface area contributed by atoms with Crippen molar-refractivity contribution in [3.8, 4) is 0 Å². The van der Waals surface area contributed by atoms with Crippen LogP contribution in [0.1, 0.15) is 15.9 Å². The van der Waals surface area contributed by atoms with Gasteiger partial charge in [-0.25, -0.2) is 17.5 Å². The van der Waals surface area contributed by atoms with E-state index >= 15 is 0 Å². The van der Waals surface area contributed by atoms with Gasteiger partial charge in [-0.05, 0) is 49.2 Å². The van der Waals surface area contributed by atoms with E-state index in [4.69, 9.17) is 11.6 Å².